The van der Waals surface area contributed by atoms with Crippen molar-refractivity contribution in [3.63, 3.8) is 0 Å². The molecule has 0 unspecified atom stereocenters. The quantitative estimate of drug-likeness (QED) is 0.621. The van der Waals surface area contributed by atoms with Gasteiger partial charge in [0.05, 0.1) is 16.3 Å². The summed E-state index contributed by atoms with van der Waals surface area (Å²) in [6, 6.07) is 9.03. The second-order valence-corrected chi connectivity index (χ2v) is 8.74. The molecule has 0 bridgehead atoms. The van der Waals surface area contributed by atoms with Crippen molar-refractivity contribution in [3.05, 3.63) is 69.9 Å². The van der Waals surface area contributed by atoms with E-state index in [1.54, 1.807) is 11.7 Å². The minimum atomic E-state index is -3.97. The molecule has 0 spiro atoms. The van der Waals surface area contributed by atoms with Crippen LogP contribution < -0.4 is 10.3 Å². The number of nitrogens with one attached hydrogen (secondary N) is 1. The van der Waals surface area contributed by atoms with E-state index in [9.17, 15) is 22.7 Å². The summed E-state index contributed by atoms with van der Waals surface area (Å²) >= 11 is 0. The van der Waals surface area contributed by atoms with E-state index in [0.29, 0.717) is 11.3 Å². The number of aromatic nitrogens is 2. The Bertz CT molecular complexity index is 1230. The van der Waals surface area contributed by atoms with Crippen LogP contribution in [0.25, 0.3) is 5.69 Å². The van der Waals surface area contributed by atoms with Crippen molar-refractivity contribution >= 4 is 15.7 Å². The Morgan fingerprint density at radius 3 is 2.24 bits per heavy atom. The van der Waals surface area contributed by atoms with Gasteiger partial charge in [0.25, 0.3) is 15.6 Å². The predicted octanol–water partition coefficient (Wildman–Crippen LogP) is 3.25. The molecule has 0 fully saturated rings. The van der Waals surface area contributed by atoms with E-state index in [-0.39, 0.29) is 22.1 Å². The van der Waals surface area contributed by atoms with Crippen LogP contribution in [0.3, 0.4) is 0 Å². The second-order valence-electron chi connectivity index (χ2n) is 7.06. The molecule has 0 atom stereocenters. The normalized spacial score (nSPS) is 11.8. The third kappa shape index (κ3) is 3.77. The number of hydrogen-bond donors (Lipinski definition) is 2. The lowest BCUT2D eigenvalue weighted by Gasteiger charge is -2.11. The van der Waals surface area contributed by atoms with Gasteiger partial charge in [-0.3, -0.25) is 14.2 Å². The van der Waals surface area contributed by atoms with Crippen LogP contribution in [0, 0.1) is 12.7 Å². The lowest BCUT2D eigenvalue weighted by molar-refractivity contribution is 0.432. The molecule has 1 heterocycles. The molecule has 154 valence electrons. The van der Waals surface area contributed by atoms with Crippen LogP contribution in [0.1, 0.15) is 31.0 Å². The first-order valence-electron chi connectivity index (χ1n) is 8.93. The number of rotatable bonds is 5. The summed E-state index contributed by atoms with van der Waals surface area (Å²) in [4.78, 5) is 12.7. The van der Waals surface area contributed by atoms with Gasteiger partial charge < -0.3 is 5.11 Å². The first-order chi connectivity index (χ1) is 13.5. The summed E-state index contributed by atoms with van der Waals surface area (Å²) in [5.41, 5.74) is 1.92. The van der Waals surface area contributed by atoms with Crippen molar-refractivity contribution in [2.45, 2.75) is 31.6 Å². The first kappa shape index (κ1) is 20.7. The number of halogens is 1. The molecule has 0 radical (unpaired) electrons. The van der Waals surface area contributed by atoms with Crippen molar-refractivity contribution < 1.29 is 17.9 Å². The van der Waals surface area contributed by atoms with Crippen LogP contribution >= 0.6 is 0 Å². The summed E-state index contributed by atoms with van der Waals surface area (Å²) < 4.78 is 44.0. The van der Waals surface area contributed by atoms with Crippen molar-refractivity contribution in [2.24, 2.45) is 7.05 Å². The molecule has 0 aliphatic rings. The highest BCUT2D eigenvalue weighted by Gasteiger charge is 2.20. The molecule has 7 nitrogen and oxygen atoms in total. The largest absolute Gasteiger partial charge is 0.505 e. The van der Waals surface area contributed by atoms with E-state index in [1.165, 1.54) is 35.0 Å². The highest BCUT2D eigenvalue weighted by Crippen LogP contribution is 2.23. The Morgan fingerprint density at radius 1 is 1.10 bits per heavy atom. The van der Waals surface area contributed by atoms with Crippen molar-refractivity contribution in [2.75, 3.05) is 4.72 Å². The molecule has 2 N–H and O–H groups in total. The number of sulfonamides is 1. The maximum atomic E-state index is 13.4. The molecule has 2 aromatic carbocycles. The Balaban J connectivity index is 1.95. The Hall–Kier alpha value is -3.07. The fourth-order valence-electron chi connectivity index (χ4n) is 3.24. The van der Waals surface area contributed by atoms with Crippen LogP contribution in [0.2, 0.25) is 0 Å². The molecule has 1 aromatic heterocycles. The topological polar surface area (TPSA) is 93.3 Å². The maximum Gasteiger partial charge on any atom is 0.275 e. The molecular formula is C20H22FN3O4S. The standard InChI is InChI=1S/C20H22FN3O4S/c1-12(2)19-13(3)23(4)24(20(19)26)15-6-8-16(9-7-15)29(27,28)22-14-5-10-18(25)17(21)11-14/h5-12,22,25H,1-4H3. The number of anilines is 1. The molecule has 29 heavy (non-hydrogen) atoms. The lowest BCUT2D eigenvalue weighted by Crippen LogP contribution is -2.21. The van der Waals surface area contributed by atoms with Gasteiger partial charge in [0.15, 0.2) is 11.6 Å². The van der Waals surface area contributed by atoms with E-state index >= 15 is 0 Å². The van der Waals surface area contributed by atoms with E-state index in [2.05, 4.69) is 4.72 Å². The van der Waals surface area contributed by atoms with Gasteiger partial charge in [0, 0.05) is 24.4 Å². The SMILES string of the molecule is Cc1c(C(C)C)c(=O)n(-c2ccc(S(=O)(=O)Nc3ccc(O)c(F)c3)cc2)n1C. The summed E-state index contributed by atoms with van der Waals surface area (Å²) in [6.07, 6.45) is 0. The molecule has 0 aliphatic heterocycles. The smallest absolute Gasteiger partial charge is 0.275 e. The molecule has 3 aromatic rings. The van der Waals surface area contributed by atoms with E-state index in [4.69, 9.17) is 0 Å². The van der Waals surface area contributed by atoms with Gasteiger partial charge >= 0.3 is 0 Å². The second kappa shape index (κ2) is 7.40. The average molecular weight is 419 g/mol. The molecular weight excluding hydrogens is 397 g/mol. The first-order valence-corrected chi connectivity index (χ1v) is 10.4. The summed E-state index contributed by atoms with van der Waals surface area (Å²) in [7, 11) is -2.20. The highest BCUT2D eigenvalue weighted by atomic mass is 32.2. The highest BCUT2D eigenvalue weighted by molar-refractivity contribution is 7.92. The lowest BCUT2D eigenvalue weighted by atomic mass is 10.0. The minimum Gasteiger partial charge on any atom is -0.505 e. The van der Waals surface area contributed by atoms with E-state index in [0.717, 1.165) is 17.8 Å². The number of aromatic hydroxyl groups is 1. The van der Waals surface area contributed by atoms with Gasteiger partial charge in [0.1, 0.15) is 0 Å². The van der Waals surface area contributed by atoms with Gasteiger partial charge in [0.2, 0.25) is 0 Å². The van der Waals surface area contributed by atoms with Crippen LogP contribution in [0.15, 0.2) is 52.2 Å². The molecule has 3 rings (SSSR count). The third-order valence-electron chi connectivity index (χ3n) is 4.77. The number of benzene rings is 2. The van der Waals surface area contributed by atoms with Crippen LogP contribution in [0.4, 0.5) is 10.1 Å². The summed E-state index contributed by atoms with van der Waals surface area (Å²) in [5, 5.41) is 9.22. The fourth-order valence-corrected chi connectivity index (χ4v) is 4.29. The van der Waals surface area contributed by atoms with Crippen LogP contribution in [0.5, 0.6) is 5.75 Å². The van der Waals surface area contributed by atoms with Gasteiger partial charge in [-0.2, -0.15) is 0 Å². The molecule has 0 aliphatic carbocycles. The number of phenols is 1. The van der Waals surface area contributed by atoms with Gasteiger partial charge in [-0.25, -0.2) is 17.5 Å². The summed E-state index contributed by atoms with van der Waals surface area (Å²) in [5.74, 6) is -1.44. The average Bonchev–Trinajstić information content (AvgIpc) is 2.87. The molecule has 0 saturated carbocycles. The monoisotopic (exact) mass is 419 g/mol. The minimum absolute atomic E-state index is 0.0137. The number of hydrogen-bond acceptors (Lipinski definition) is 4. The Labute approximate surface area is 168 Å². The number of nitrogens with zero attached hydrogens (tertiary/aromatic N) is 2. The number of phenolic OH excluding ortho intramolecular Hbond substituents is 1. The summed E-state index contributed by atoms with van der Waals surface area (Å²) in [6.45, 7) is 5.76. The Kier molecular flexibility index (Phi) is 5.27. The third-order valence-corrected chi connectivity index (χ3v) is 6.16. The molecule has 0 saturated heterocycles. The van der Waals surface area contributed by atoms with Gasteiger partial charge in [-0.15, -0.1) is 0 Å². The molecule has 9 heteroatoms. The van der Waals surface area contributed by atoms with Crippen molar-refractivity contribution in [1.82, 2.24) is 9.36 Å². The van der Waals surface area contributed by atoms with Crippen molar-refractivity contribution in [3.8, 4) is 11.4 Å². The fraction of sp³-hybridized carbons (Fsp3) is 0.250. The zero-order chi connectivity index (χ0) is 21.5. The van der Waals surface area contributed by atoms with E-state index < -0.39 is 21.6 Å². The predicted molar refractivity (Wildman–Crippen MR) is 109 cm³/mol. The van der Waals surface area contributed by atoms with Crippen molar-refractivity contribution in [1.29, 1.82) is 0 Å². The van der Waals surface area contributed by atoms with Crippen LogP contribution in [-0.2, 0) is 17.1 Å². The van der Waals surface area contributed by atoms with E-state index in [1.807, 2.05) is 20.8 Å². The van der Waals surface area contributed by atoms with Gasteiger partial charge in [-0.1, -0.05) is 13.8 Å². The molecule has 0 amide bonds. The van der Waals surface area contributed by atoms with Crippen LogP contribution in [-0.4, -0.2) is 22.9 Å². The maximum absolute atomic E-state index is 13.4. The van der Waals surface area contributed by atoms with Gasteiger partial charge in [-0.05, 0) is 49.2 Å². The zero-order valence-corrected chi connectivity index (χ0v) is 17.3. The zero-order valence-electron chi connectivity index (χ0n) is 16.5. The Morgan fingerprint density at radius 2 is 1.72 bits per heavy atom.